The van der Waals surface area contributed by atoms with Crippen LogP contribution in [0.15, 0.2) is 0 Å². The molecular formula is C12H20N4O2S. The van der Waals surface area contributed by atoms with E-state index in [4.69, 9.17) is 22.7 Å². The Bertz CT molecular complexity index is 496. The van der Waals surface area contributed by atoms with Crippen LogP contribution in [-0.4, -0.2) is 33.9 Å². The predicted molar refractivity (Wildman–Crippen MR) is 78.1 cm³/mol. The zero-order valence-electron chi connectivity index (χ0n) is 11.9. The average Bonchev–Trinajstić information content (AvgIpc) is 2.59. The fourth-order valence-corrected chi connectivity index (χ4v) is 2.14. The summed E-state index contributed by atoms with van der Waals surface area (Å²) in [5.41, 5.74) is 7.10. The van der Waals surface area contributed by atoms with Crippen molar-refractivity contribution in [2.24, 2.45) is 18.7 Å². The second-order valence-corrected chi connectivity index (χ2v) is 5.13. The molecule has 0 bridgehead atoms. The highest BCUT2D eigenvalue weighted by atomic mass is 32.1. The maximum Gasteiger partial charge on any atom is 0.328 e. The fraction of sp³-hybridized carbons (Fsp3) is 0.583. The maximum absolute atomic E-state index is 11.8. The Morgan fingerprint density at radius 3 is 2.53 bits per heavy atom. The van der Waals surface area contributed by atoms with Crippen LogP contribution in [0.5, 0.6) is 0 Å². The normalized spacial score (nSPS) is 12.3. The number of nitrogens with zero attached hydrogens (tertiary/aromatic N) is 2. The van der Waals surface area contributed by atoms with Crippen LogP contribution in [0.1, 0.15) is 25.1 Å². The SMILES string of the molecule is COC(=O)C(Nc1c(C(N)=S)c(C)nn1C)C(C)C. The minimum atomic E-state index is -0.479. The Hall–Kier alpha value is -1.63. The van der Waals surface area contributed by atoms with Crippen molar-refractivity contribution in [3.63, 3.8) is 0 Å². The van der Waals surface area contributed by atoms with Crippen LogP contribution in [0.2, 0.25) is 0 Å². The van der Waals surface area contributed by atoms with Crippen molar-refractivity contribution in [1.29, 1.82) is 0 Å². The van der Waals surface area contributed by atoms with Crippen molar-refractivity contribution in [1.82, 2.24) is 9.78 Å². The summed E-state index contributed by atoms with van der Waals surface area (Å²) < 4.78 is 6.42. The molecule has 0 saturated heterocycles. The molecular weight excluding hydrogens is 264 g/mol. The maximum atomic E-state index is 11.8. The standard InChI is InChI=1S/C12H20N4O2S/c1-6(2)9(12(17)18-5)14-11-8(10(13)19)7(3)15-16(11)4/h6,9,14H,1-5H3,(H2,13,19). The van der Waals surface area contributed by atoms with E-state index in [1.807, 2.05) is 20.8 Å². The molecule has 3 N–H and O–H groups in total. The molecule has 0 aliphatic rings. The monoisotopic (exact) mass is 284 g/mol. The van der Waals surface area contributed by atoms with E-state index >= 15 is 0 Å². The minimum absolute atomic E-state index is 0.0573. The molecule has 0 aliphatic heterocycles. The van der Waals surface area contributed by atoms with Gasteiger partial charge in [-0.2, -0.15) is 5.10 Å². The second kappa shape index (κ2) is 6.01. The summed E-state index contributed by atoms with van der Waals surface area (Å²) in [6, 6.07) is -0.479. The van der Waals surface area contributed by atoms with Crippen LogP contribution in [0.25, 0.3) is 0 Å². The first kappa shape index (κ1) is 15.4. The Labute approximate surface area is 118 Å². The number of hydrogen-bond acceptors (Lipinski definition) is 5. The number of carbonyl (C=O) groups is 1. The molecule has 19 heavy (non-hydrogen) atoms. The number of methoxy groups -OCH3 is 1. The zero-order chi connectivity index (χ0) is 14.7. The van der Waals surface area contributed by atoms with E-state index < -0.39 is 6.04 Å². The van der Waals surface area contributed by atoms with Gasteiger partial charge in [-0.15, -0.1) is 0 Å². The molecule has 0 aliphatic carbocycles. The number of carbonyl (C=O) groups excluding carboxylic acids is 1. The van der Waals surface area contributed by atoms with Gasteiger partial charge in [0.25, 0.3) is 0 Å². The molecule has 1 heterocycles. The van der Waals surface area contributed by atoms with Crippen molar-refractivity contribution in [3.8, 4) is 0 Å². The third kappa shape index (κ3) is 3.23. The third-order valence-corrected chi connectivity index (χ3v) is 3.09. The topological polar surface area (TPSA) is 82.2 Å². The third-order valence-electron chi connectivity index (χ3n) is 2.88. The van der Waals surface area contributed by atoms with Crippen LogP contribution in [0.3, 0.4) is 0 Å². The van der Waals surface area contributed by atoms with E-state index in [1.54, 1.807) is 11.7 Å². The largest absolute Gasteiger partial charge is 0.467 e. The molecule has 0 amide bonds. The molecule has 1 aromatic rings. The highest BCUT2D eigenvalue weighted by Gasteiger charge is 2.26. The van der Waals surface area contributed by atoms with Crippen LogP contribution in [0.4, 0.5) is 5.82 Å². The molecule has 0 radical (unpaired) electrons. The van der Waals surface area contributed by atoms with Gasteiger partial charge in [0.15, 0.2) is 0 Å². The van der Waals surface area contributed by atoms with Gasteiger partial charge >= 0.3 is 5.97 Å². The highest BCUT2D eigenvalue weighted by molar-refractivity contribution is 7.80. The lowest BCUT2D eigenvalue weighted by atomic mass is 10.0. The number of rotatable bonds is 5. The fourth-order valence-electron chi connectivity index (χ4n) is 1.89. The molecule has 106 valence electrons. The summed E-state index contributed by atoms with van der Waals surface area (Å²) in [6.07, 6.45) is 0. The van der Waals surface area contributed by atoms with Gasteiger partial charge in [0.05, 0.1) is 18.4 Å². The van der Waals surface area contributed by atoms with Crippen molar-refractivity contribution in [2.75, 3.05) is 12.4 Å². The van der Waals surface area contributed by atoms with Crippen LogP contribution >= 0.6 is 12.2 Å². The number of nitrogens with two attached hydrogens (primary N) is 1. The number of anilines is 1. The molecule has 0 saturated carbocycles. The Morgan fingerprint density at radius 1 is 1.53 bits per heavy atom. The van der Waals surface area contributed by atoms with E-state index in [0.29, 0.717) is 11.4 Å². The lowest BCUT2D eigenvalue weighted by molar-refractivity contribution is -0.142. The number of ether oxygens (including phenoxy) is 1. The molecule has 7 heteroatoms. The number of aryl methyl sites for hydroxylation is 2. The lowest BCUT2D eigenvalue weighted by Gasteiger charge is -2.21. The molecule has 6 nitrogen and oxygen atoms in total. The summed E-state index contributed by atoms with van der Waals surface area (Å²) in [6.45, 7) is 5.68. The Morgan fingerprint density at radius 2 is 2.11 bits per heavy atom. The van der Waals surface area contributed by atoms with Crippen molar-refractivity contribution in [3.05, 3.63) is 11.3 Å². The van der Waals surface area contributed by atoms with Crippen molar-refractivity contribution < 1.29 is 9.53 Å². The summed E-state index contributed by atoms with van der Waals surface area (Å²) in [5.74, 6) is 0.360. The first-order valence-electron chi connectivity index (χ1n) is 5.97. The van der Waals surface area contributed by atoms with Gasteiger partial charge in [0, 0.05) is 7.05 Å². The van der Waals surface area contributed by atoms with E-state index in [-0.39, 0.29) is 16.9 Å². The first-order chi connectivity index (χ1) is 8.79. The number of thiocarbonyl (C=S) groups is 1. The minimum Gasteiger partial charge on any atom is -0.467 e. The van der Waals surface area contributed by atoms with Gasteiger partial charge in [-0.05, 0) is 12.8 Å². The summed E-state index contributed by atoms with van der Waals surface area (Å²) in [7, 11) is 3.13. The lowest BCUT2D eigenvalue weighted by Crippen LogP contribution is -2.36. The number of nitrogens with one attached hydrogen (secondary N) is 1. The average molecular weight is 284 g/mol. The van der Waals surface area contributed by atoms with Crippen LogP contribution in [0, 0.1) is 12.8 Å². The highest BCUT2D eigenvalue weighted by Crippen LogP contribution is 2.21. The number of esters is 1. The molecule has 1 unspecified atom stereocenters. The van der Waals surface area contributed by atoms with Gasteiger partial charge < -0.3 is 15.8 Å². The van der Waals surface area contributed by atoms with E-state index in [1.165, 1.54) is 7.11 Å². The van der Waals surface area contributed by atoms with Gasteiger partial charge in [-0.1, -0.05) is 26.1 Å². The number of hydrogen-bond donors (Lipinski definition) is 2. The zero-order valence-corrected chi connectivity index (χ0v) is 12.7. The van der Waals surface area contributed by atoms with Crippen molar-refractivity contribution in [2.45, 2.75) is 26.8 Å². The van der Waals surface area contributed by atoms with Gasteiger partial charge in [-0.25, -0.2) is 4.79 Å². The number of aromatic nitrogens is 2. The smallest absolute Gasteiger partial charge is 0.328 e. The predicted octanol–water partition coefficient (Wildman–Crippen LogP) is 0.972. The molecule has 0 fully saturated rings. The molecule has 1 atom stereocenters. The first-order valence-corrected chi connectivity index (χ1v) is 6.38. The van der Waals surface area contributed by atoms with Gasteiger partial charge in [-0.3, -0.25) is 4.68 Å². The van der Waals surface area contributed by atoms with Crippen LogP contribution in [-0.2, 0) is 16.6 Å². The molecule has 0 aromatic carbocycles. The van der Waals surface area contributed by atoms with Crippen molar-refractivity contribution >= 4 is 29.0 Å². The Balaban J connectivity index is 3.16. The van der Waals surface area contributed by atoms with E-state index in [9.17, 15) is 4.79 Å². The second-order valence-electron chi connectivity index (χ2n) is 4.69. The quantitative estimate of drug-likeness (QED) is 0.619. The molecule has 1 rings (SSSR count). The summed E-state index contributed by atoms with van der Waals surface area (Å²) in [4.78, 5) is 12.0. The molecule has 0 spiro atoms. The summed E-state index contributed by atoms with van der Waals surface area (Å²) in [5, 5.41) is 7.39. The van der Waals surface area contributed by atoms with E-state index in [2.05, 4.69) is 10.4 Å². The van der Waals surface area contributed by atoms with E-state index in [0.717, 1.165) is 5.69 Å². The summed E-state index contributed by atoms with van der Waals surface area (Å²) >= 11 is 5.03. The van der Waals surface area contributed by atoms with Crippen LogP contribution < -0.4 is 11.1 Å². The molecule has 1 aromatic heterocycles. The Kier molecular flexibility index (Phi) is 4.88. The van der Waals surface area contributed by atoms with Gasteiger partial charge in [0.1, 0.15) is 16.8 Å². The van der Waals surface area contributed by atoms with Gasteiger partial charge in [0.2, 0.25) is 0 Å².